The lowest BCUT2D eigenvalue weighted by molar-refractivity contribution is -0.143. The molecule has 2 aromatic rings. The third-order valence-corrected chi connectivity index (χ3v) is 6.96. The largest absolute Gasteiger partial charge is 0.481 e. The number of carbonyl (C=O) groups excluding carboxylic acids is 2. The van der Waals surface area contributed by atoms with Gasteiger partial charge >= 0.3 is 12.1 Å². The predicted octanol–water partition coefficient (Wildman–Crippen LogP) is 4.80. The van der Waals surface area contributed by atoms with Crippen molar-refractivity contribution in [3.8, 4) is 11.1 Å². The Morgan fingerprint density at radius 3 is 2.26 bits per heavy atom. The summed E-state index contributed by atoms with van der Waals surface area (Å²) in [4.78, 5) is 39.2. The average Bonchev–Trinajstić information content (AvgIpc) is 3.15. The second-order valence-electron chi connectivity index (χ2n) is 9.93. The van der Waals surface area contributed by atoms with Gasteiger partial charge in [0.05, 0.1) is 6.42 Å². The zero-order valence-corrected chi connectivity index (χ0v) is 20.4. The number of alkyl carbamates (subject to hydrolysis) is 1. The van der Waals surface area contributed by atoms with Crippen LogP contribution in [-0.4, -0.2) is 53.2 Å². The number of hydrogen-bond acceptors (Lipinski definition) is 4. The molecule has 1 fully saturated rings. The van der Waals surface area contributed by atoms with Gasteiger partial charge in [-0.05, 0) is 53.9 Å². The monoisotopic (exact) mass is 478 g/mol. The number of likely N-dealkylation sites (tertiary alicyclic amines) is 1. The fourth-order valence-electron chi connectivity index (χ4n) is 5.38. The number of benzene rings is 2. The van der Waals surface area contributed by atoms with Crippen LogP contribution in [0.4, 0.5) is 4.79 Å². The molecule has 2 aliphatic rings. The number of carbonyl (C=O) groups is 3. The van der Waals surface area contributed by atoms with Crippen LogP contribution < -0.4 is 5.32 Å². The number of aliphatic carboxylic acids is 1. The normalized spacial score (nSPS) is 18.0. The lowest BCUT2D eigenvalue weighted by atomic mass is 9.96. The van der Waals surface area contributed by atoms with E-state index in [0.29, 0.717) is 19.4 Å². The maximum absolute atomic E-state index is 13.4. The van der Waals surface area contributed by atoms with E-state index in [9.17, 15) is 19.5 Å². The molecule has 2 N–H and O–H groups in total. The van der Waals surface area contributed by atoms with Gasteiger partial charge < -0.3 is 20.1 Å². The van der Waals surface area contributed by atoms with E-state index in [0.717, 1.165) is 35.1 Å². The van der Waals surface area contributed by atoms with E-state index in [1.165, 1.54) is 0 Å². The Hall–Kier alpha value is -3.35. The van der Waals surface area contributed by atoms with Crippen molar-refractivity contribution < 1.29 is 24.2 Å². The number of amides is 2. The van der Waals surface area contributed by atoms with E-state index < -0.39 is 18.1 Å². The summed E-state index contributed by atoms with van der Waals surface area (Å²) in [6.45, 7) is 4.67. The Balaban J connectivity index is 1.44. The van der Waals surface area contributed by atoms with E-state index >= 15 is 0 Å². The third-order valence-electron chi connectivity index (χ3n) is 6.96. The van der Waals surface area contributed by atoms with Crippen LogP contribution in [-0.2, 0) is 14.3 Å². The lowest BCUT2D eigenvalue weighted by Crippen LogP contribution is -2.54. The summed E-state index contributed by atoms with van der Waals surface area (Å²) in [6.07, 6.45) is 2.15. The molecule has 0 radical (unpaired) electrons. The maximum Gasteiger partial charge on any atom is 0.407 e. The molecule has 0 aromatic heterocycles. The topological polar surface area (TPSA) is 95.9 Å². The number of fused-ring (bicyclic) bond motifs is 3. The molecule has 35 heavy (non-hydrogen) atoms. The van der Waals surface area contributed by atoms with Gasteiger partial charge in [-0.25, -0.2) is 4.79 Å². The Bertz CT molecular complexity index is 1040. The van der Waals surface area contributed by atoms with Gasteiger partial charge in [0, 0.05) is 18.5 Å². The smallest absolute Gasteiger partial charge is 0.407 e. The highest BCUT2D eigenvalue weighted by molar-refractivity contribution is 5.86. The molecule has 2 amide bonds. The molecular weight excluding hydrogens is 444 g/mol. The second kappa shape index (κ2) is 10.9. The number of piperidine rings is 1. The predicted molar refractivity (Wildman–Crippen MR) is 133 cm³/mol. The lowest BCUT2D eigenvalue weighted by Gasteiger charge is -2.37. The fourth-order valence-corrected chi connectivity index (χ4v) is 5.38. The Morgan fingerprint density at radius 1 is 1.03 bits per heavy atom. The number of rotatable bonds is 8. The first-order chi connectivity index (χ1) is 16.8. The van der Waals surface area contributed by atoms with Gasteiger partial charge in [-0.3, -0.25) is 9.59 Å². The van der Waals surface area contributed by atoms with Crippen molar-refractivity contribution >= 4 is 18.0 Å². The number of nitrogens with one attached hydrogen (secondary N) is 1. The van der Waals surface area contributed by atoms with Crippen LogP contribution in [0.15, 0.2) is 48.5 Å². The standard InChI is InChI=1S/C28H34N2O5/c1-18(2)15-25(27(33)30-14-8-7-9-19(30)16-26(31)32)29-28(34)35-17-24-22-12-5-3-10-20(22)21-11-4-6-13-23(21)24/h3-6,10-13,18-19,24-25H,7-9,14-17H2,1-2H3,(H,29,34)(H,31,32)/t19-,25+/m0/s1. The fraction of sp³-hybridized carbons (Fsp3) is 0.464. The van der Waals surface area contributed by atoms with Crippen molar-refractivity contribution in [2.75, 3.05) is 13.2 Å². The number of hydrogen-bond donors (Lipinski definition) is 2. The molecule has 0 bridgehead atoms. The molecule has 4 rings (SSSR count). The number of carboxylic acid groups (broad SMARTS) is 1. The summed E-state index contributed by atoms with van der Waals surface area (Å²) in [7, 11) is 0. The van der Waals surface area contributed by atoms with Crippen molar-refractivity contribution in [3.05, 3.63) is 59.7 Å². The van der Waals surface area contributed by atoms with Crippen LogP contribution in [0.2, 0.25) is 0 Å². The Kier molecular flexibility index (Phi) is 7.73. The molecular formula is C28H34N2O5. The van der Waals surface area contributed by atoms with E-state index in [1.54, 1.807) is 4.90 Å². The molecule has 1 aliphatic carbocycles. The van der Waals surface area contributed by atoms with Crippen LogP contribution in [0.5, 0.6) is 0 Å². The molecule has 186 valence electrons. The molecule has 0 unspecified atom stereocenters. The van der Waals surface area contributed by atoms with Gasteiger partial charge in [0.25, 0.3) is 0 Å². The average molecular weight is 479 g/mol. The minimum Gasteiger partial charge on any atom is -0.481 e. The maximum atomic E-state index is 13.4. The molecule has 7 nitrogen and oxygen atoms in total. The van der Waals surface area contributed by atoms with Gasteiger partial charge in [-0.15, -0.1) is 0 Å². The molecule has 2 atom stereocenters. The number of carboxylic acids is 1. The Morgan fingerprint density at radius 2 is 1.66 bits per heavy atom. The van der Waals surface area contributed by atoms with Crippen molar-refractivity contribution in [2.45, 2.75) is 64.0 Å². The van der Waals surface area contributed by atoms with Crippen molar-refractivity contribution in [3.63, 3.8) is 0 Å². The van der Waals surface area contributed by atoms with Gasteiger partial charge in [-0.2, -0.15) is 0 Å². The first-order valence-electron chi connectivity index (χ1n) is 12.5. The molecule has 1 saturated heterocycles. The van der Waals surface area contributed by atoms with Gasteiger partial charge in [-0.1, -0.05) is 62.4 Å². The summed E-state index contributed by atoms with van der Waals surface area (Å²) in [5.74, 6) is -1.03. The summed E-state index contributed by atoms with van der Waals surface area (Å²) in [5, 5.41) is 12.1. The molecule has 0 spiro atoms. The second-order valence-corrected chi connectivity index (χ2v) is 9.93. The Labute approximate surface area is 206 Å². The van der Waals surface area contributed by atoms with Gasteiger partial charge in [0.15, 0.2) is 0 Å². The zero-order valence-electron chi connectivity index (χ0n) is 20.4. The quantitative estimate of drug-likeness (QED) is 0.568. The zero-order chi connectivity index (χ0) is 24.9. The molecule has 1 aliphatic heterocycles. The summed E-state index contributed by atoms with van der Waals surface area (Å²) in [6, 6.07) is 15.2. The van der Waals surface area contributed by atoms with Crippen LogP contribution >= 0.6 is 0 Å². The highest BCUT2D eigenvalue weighted by Gasteiger charge is 2.35. The van der Waals surface area contributed by atoms with Gasteiger partial charge in [0.2, 0.25) is 5.91 Å². The van der Waals surface area contributed by atoms with Crippen LogP contribution in [0.3, 0.4) is 0 Å². The molecule has 0 saturated carbocycles. The van der Waals surface area contributed by atoms with Crippen LogP contribution in [0.1, 0.15) is 63.0 Å². The van der Waals surface area contributed by atoms with Crippen LogP contribution in [0.25, 0.3) is 11.1 Å². The molecule has 7 heteroatoms. The van der Waals surface area contributed by atoms with Gasteiger partial charge in [0.1, 0.15) is 12.6 Å². The third kappa shape index (κ3) is 5.66. The minimum absolute atomic E-state index is 0.0607. The summed E-state index contributed by atoms with van der Waals surface area (Å²) in [5.41, 5.74) is 4.56. The van der Waals surface area contributed by atoms with Crippen molar-refractivity contribution in [2.24, 2.45) is 5.92 Å². The van der Waals surface area contributed by atoms with E-state index in [2.05, 4.69) is 29.6 Å². The number of nitrogens with zero attached hydrogens (tertiary/aromatic N) is 1. The first kappa shape index (κ1) is 24.8. The van der Waals surface area contributed by atoms with Crippen molar-refractivity contribution in [1.82, 2.24) is 10.2 Å². The summed E-state index contributed by atoms with van der Waals surface area (Å²) >= 11 is 0. The summed E-state index contributed by atoms with van der Waals surface area (Å²) < 4.78 is 5.67. The highest BCUT2D eigenvalue weighted by atomic mass is 16.5. The molecule has 1 heterocycles. The first-order valence-corrected chi connectivity index (χ1v) is 12.5. The number of ether oxygens (including phenoxy) is 1. The van der Waals surface area contributed by atoms with Crippen LogP contribution in [0, 0.1) is 5.92 Å². The van der Waals surface area contributed by atoms with E-state index in [-0.39, 0.29) is 36.8 Å². The van der Waals surface area contributed by atoms with Crippen molar-refractivity contribution in [1.29, 1.82) is 0 Å². The minimum atomic E-state index is -0.917. The highest BCUT2D eigenvalue weighted by Crippen LogP contribution is 2.44. The SMILES string of the molecule is CC(C)C[C@@H](NC(=O)OCC1c2ccccc2-c2ccccc21)C(=O)N1CCCC[C@H]1CC(=O)O. The molecule has 2 aromatic carbocycles. The van der Waals surface area contributed by atoms with E-state index in [4.69, 9.17) is 4.74 Å². The van der Waals surface area contributed by atoms with E-state index in [1.807, 2.05) is 38.1 Å².